The molecule has 0 saturated carbocycles. The van der Waals surface area contributed by atoms with Crippen LogP contribution in [0.5, 0.6) is 0 Å². The Morgan fingerprint density at radius 3 is 2.64 bits per heavy atom. The van der Waals surface area contributed by atoms with Crippen molar-refractivity contribution in [1.29, 1.82) is 0 Å². The Bertz CT molecular complexity index is 1010. The van der Waals surface area contributed by atoms with Gasteiger partial charge in [0.15, 0.2) is 5.16 Å². The van der Waals surface area contributed by atoms with Crippen LogP contribution in [0.1, 0.15) is 25.5 Å². The second kappa shape index (κ2) is 9.32. The third-order valence-electron chi connectivity index (χ3n) is 4.22. The van der Waals surface area contributed by atoms with Crippen LogP contribution in [0.2, 0.25) is 0 Å². The number of benzene rings is 2. The minimum absolute atomic E-state index is 0.0541. The highest BCUT2D eigenvalue weighted by atomic mass is 32.2. The van der Waals surface area contributed by atoms with Gasteiger partial charge in [-0.1, -0.05) is 42.1 Å². The summed E-state index contributed by atoms with van der Waals surface area (Å²) >= 11 is 1.31. The molecule has 2 aromatic carbocycles. The molecule has 5 nitrogen and oxygen atoms in total. The molecule has 0 radical (unpaired) electrons. The van der Waals surface area contributed by atoms with Gasteiger partial charge in [0.25, 0.3) is 5.56 Å². The Balaban J connectivity index is 1.65. The number of thioether (sulfide) groups is 1. The molecule has 0 amide bonds. The third kappa shape index (κ3) is 4.79. The maximum atomic E-state index is 13.6. The fraction of sp³-hybridized carbons (Fsp3) is 0.333. The highest BCUT2D eigenvalue weighted by Crippen LogP contribution is 2.21. The smallest absolute Gasteiger partial charge is 0.262 e. The second-order valence-corrected chi connectivity index (χ2v) is 7.74. The van der Waals surface area contributed by atoms with Crippen molar-refractivity contribution in [1.82, 2.24) is 9.55 Å². The first-order valence-electron chi connectivity index (χ1n) is 9.10. The fourth-order valence-electron chi connectivity index (χ4n) is 2.82. The first-order chi connectivity index (χ1) is 13.5. The van der Waals surface area contributed by atoms with Gasteiger partial charge in [-0.15, -0.1) is 0 Å². The van der Waals surface area contributed by atoms with Gasteiger partial charge >= 0.3 is 0 Å². The van der Waals surface area contributed by atoms with Gasteiger partial charge in [-0.2, -0.15) is 0 Å². The van der Waals surface area contributed by atoms with E-state index in [1.54, 1.807) is 34.9 Å². The van der Waals surface area contributed by atoms with Crippen molar-refractivity contribution in [3.05, 3.63) is 70.3 Å². The molecule has 0 spiro atoms. The van der Waals surface area contributed by atoms with E-state index in [1.807, 2.05) is 26.0 Å². The van der Waals surface area contributed by atoms with Gasteiger partial charge in [0.1, 0.15) is 5.82 Å². The second-order valence-electron chi connectivity index (χ2n) is 6.75. The molecule has 3 aromatic rings. The van der Waals surface area contributed by atoms with Gasteiger partial charge in [0.2, 0.25) is 0 Å². The molecule has 0 bridgehead atoms. The first-order valence-corrected chi connectivity index (χ1v) is 10.1. The summed E-state index contributed by atoms with van der Waals surface area (Å²) in [6.07, 6.45) is -0.763. The summed E-state index contributed by atoms with van der Waals surface area (Å²) in [6.45, 7) is 4.02. The van der Waals surface area contributed by atoms with E-state index in [9.17, 15) is 14.3 Å². The van der Waals surface area contributed by atoms with Crippen LogP contribution < -0.4 is 5.56 Å². The van der Waals surface area contributed by atoms with E-state index in [4.69, 9.17) is 4.74 Å². The summed E-state index contributed by atoms with van der Waals surface area (Å²) in [5.41, 5.74) is 0.998. The van der Waals surface area contributed by atoms with E-state index in [1.165, 1.54) is 17.8 Å². The molecular weight excluding hydrogens is 379 g/mol. The first kappa shape index (κ1) is 20.5. The molecule has 0 aliphatic rings. The number of ether oxygens (including phenoxy) is 1. The molecule has 1 N–H and O–H groups in total. The fourth-order valence-corrected chi connectivity index (χ4v) is 3.86. The largest absolute Gasteiger partial charge is 0.390 e. The van der Waals surface area contributed by atoms with E-state index in [0.717, 1.165) is 0 Å². The van der Waals surface area contributed by atoms with Crippen LogP contribution in [0, 0.1) is 5.82 Å². The zero-order valence-corrected chi connectivity index (χ0v) is 16.7. The quantitative estimate of drug-likeness (QED) is 0.459. The predicted octanol–water partition coefficient (Wildman–Crippen LogP) is 3.79. The van der Waals surface area contributed by atoms with Crippen molar-refractivity contribution in [2.45, 2.75) is 37.8 Å². The molecule has 148 valence electrons. The van der Waals surface area contributed by atoms with E-state index in [0.29, 0.717) is 27.4 Å². The Morgan fingerprint density at radius 2 is 1.89 bits per heavy atom. The number of para-hydroxylation sites is 1. The lowest BCUT2D eigenvalue weighted by atomic mass is 10.2. The zero-order valence-electron chi connectivity index (χ0n) is 15.8. The normalized spacial score (nSPS) is 12.6. The van der Waals surface area contributed by atoms with Crippen LogP contribution >= 0.6 is 11.8 Å². The molecule has 0 saturated heterocycles. The van der Waals surface area contributed by atoms with Gasteiger partial charge in [-0.05, 0) is 32.0 Å². The summed E-state index contributed by atoms with van der Waals surface area (Å²) in [5, 5.41) is 11.4. The molecule has 0 aliphatic heterocycles. The highest BCUT2D eigenvalue weighted by molar-refractivity contribution is 7.99. The SMILES string of the molecule is CC(C)n1c(SC[C@H](O)COCc2ccccc2F)nc2ccccc2c1=O. The van der Waals surface area contributed by atoms with Gasteiger partial charge in [-0.3, -0.25) is 9.36 Å². The lowest BCUT2D eigenvalue weighted by Gasteiger charge is -2.17. The summed E-state index contributed by atoms with van der Waals surface area (Å²) in [6, 6.07) is 13.6. The van der Waals surface area contributed by atoms with Crippen LogP contribution in [0.25, 0.3) is 10.9 Å². The van der Waals surface area contributed by atoms with Crippen molar-refractivity contribution in [3.63, 3.8) is 0 Å². The summed E-state index contributed by atoms with van der Waals surface area (Å²) in [5.74, 6) is -0.0120. The van der Waals surface area contributed by atoms with Crippen molar-refractivity contribution >= 4 is 22.7 Å². The van der Waals surface area contributed by atoms with Crippen LogP contribution in [-0.2, 0) is 11.3 Å². The minimum atomic E-state index is -0.763. The average Bonchev–Trinajstić information content (AvgIpc) is 2.67. The lowest BCUT2D eigenvalue weighted by Crippen LogP contribution is -2.26. The maximum absolute atomic E-state index is 13.6. The molecule has 1 aromatic heterocycles. The molecule has 1 heterocycles. The molecule has 1 atom stereocenters. The predicted molar refractivity (Wildman–Crippen MR) is 109 cm³/mol. The molecule has 0 fully saturated rings. The maximum Gasteiger partial charge on any atom is 0.262 e. The molecule has 28 heavy (non-hydrogen) atoms. The third-order valence-corrected chi connectivity index (χ3v) is 5.32. The van der Waals surface area contributed by atoms with E-state index in [-0.39, 0.29) is 30.6 Å². The van der Waals surface area contributed by atoms with Crippen LogP contribution in [-0.4, -0.2) is 33.1 Å². The Kier molecular flexibility index (Phi) is 6.83. The Morgan fingerprint density at radius 1 is 1.18 bits per heavy atom. The molecule has 3 rings (SSSR count). The Hall–Kier alpha value is -2.22. The summed E-state index contributed by atoms with van der Waals surface area (Å²) in [4.78, 5) is 17.4. The molecular formula is C21H23FN2O3S. The number of aliphatic hydroxyl groups excluding tert-OH is 1. The van der Waals surface area contributed by atoms with Crippen molar-refractivity contribution in [2.24, 2.45) is 0 Å². The van der Waals surface area contributed by atoms with Crippen LogP contribution in [0.4, 0.5) is 4.39 Å². The molecule has 0 unspecified atom stereocenters. The van der Waals surface area contributed by atoms with E-state index < -0.39 is 6.10 Å². The molecule has 7 heteroatoms. The van der Waals surface area contributed by atoms with Crippen LogP contribution in [0.15, 0.2) is 58.5 Å². The number of aromatic nitrogens is 2. The highest BCUT2D eigenvalue weighted by Gasteiger charge is 2.15. The lowest BCUT2D eigenvalue weighted by molar-refractivity contribution is 0.0386. The van der Waals surface area contributed by atoms with Gasteiger partial charge in [0.05, 0.1) is 30.2 Å². The monoisotopic (exact) mass is 402 g/mol. The number of fused-ring (bicyclic) bond motifs is 1. The van der Waals surface area contributed by atoms with Gasteiger partial charge in [-0.25, -0.2) is 9.37 Å². The van der Waals surface area contributed by atoms with Crippen molar-refractivity contribution in [3.8, 4) is 0 Å². The number of nitrogens with zero attached hydrogens (tertiary/aromatic N) is 2. The summed E-state index contributed by atoms with van der Waals surface area (Å²) in [7, 11) is 0. The van der Waals surface area contributed by atoms with Gasteiger partial charge < -0.3 is 9.84 Å². The van der Waals surface area contributed by atoms with E-state index in [2.05, 4.69) is 4.98 Å². The summed E-state index contributed by atoms with van der Waals surface area (Å²) < 4.78 is 20.7. The zero-order chi connectivity index (χ0) is 20.1. The average molecular weight is 402 g/mol. The number of hydrogen-bond donors (Lipinski definition) is 1. The van der Waals surface area contributed by atoms with Crippen molar-refractivity contribution in [2.75, 3.05) is 12.4 Å². The Labute approximate surface area is 167 Å². The van der Waals surface area contributed by atoms with E-state index >= 15 is 0 Å². The van der Waals surface area contributed by atoms with Crippen molar-refractivity contribution < 1.29 is 14.2 Å². The number of aliphatic hydroxyl groups is 1. The van der Waals surface area contributed by atoms with Crippen LogP contribution in [0.3, 0.4) is 0 Å². The topological polar surface area (TPSA) is 64.3 Å². The number of rotatable bonds is 8. The standard InChI is InChI=1S/C21H23FN2O3S/c1-14(2)24-20(26)17-8-4-6-10-19(17)23-21(24)28-13-16(25)12-27-11-15-7-3-5-9-18(15)22/h3-10,14,16,25H,11-13H2,1-2H3/t16-/m1/s1. The van der Waals surface area contributed by atoms with Gasteiger partial charge in [0, 0.05) is 17.4 Å². The number of hydrogen-bond acceptors (Lipinski definition) is 5. The molecule has 0 aliphatic carbocycles. The minimum Gasteiger partial charge on any atom is -0.390 e. The number of halogens is 1.